The van der Waals surface area contributed by atoms with E-state index in [1.807, 2.05) is 24.3 Å². The van der Waals surface area contributed by atoms with E-state index in [0.717, 1.165) is 0 Å². The van der Waals surface area contributed by atoms with E-state index in [-0.39, 0.29) is 0 Å². The zero-order chi connectivity index (χ0) is 11.2. The number of hydrogen-bond donors (Lipinski definition) is 1. The van der Waals surface area contributed by atoms with Crippen molar-refractivity contribution in [1.29, 1.82) is 0 Å². The van der Waals surface area contributed by atoms with Crippen LogP contribution in [0.3, 0.4) is 0 Å². The fourth-order valence-corrected chi connectivity index (χ4v) is 1.63. The molecule has 0 saturated carbocycles. The van der Waals surface area contributed by atoms with Crippen molar-refractivity contribution in [2.75, 3.05) is 11.4 Å². The van der Waals surface area contributed by atoms with Crippen LogP contribution in [-0.4, -0.2) is 6.54 Å². The van der Waals surface area contributed by atoms with E-state index in [1.165, 1.54) is 5.69 Å². The van der Waals surface area contributed by atoms with E-state index in [0.29, 0.717) is 12.5 Å². The Hall–Kier alpha value is -1.80. The lowest BCUT2D eigenvalue weighted by Gasteiger charge is -2.20. The predicted molar refractivity (Wildman–Crippen MR) is 68.9 cm³/mol. The van der Waals surface area contributed by atoms with E-state index in [4.69, 9.17) is 5.73 Å². The molecule has 1 aromatic carbocycles. The zero-order valence-corrected chi connectivity index (χ0v) is 9.16. The van der Waals surface area contributed by atoms with Crippen LogP contribution in [0.2, 0.25) is 0 Å². The molecule has 0 radical (unpaired) electrons. The van der Waals surface area contributed by atoms with Crippen molar-refractivity contribution in [3.63, 3.8) is 0 Å². The zero-order valence-electron chi connectivity index (χ0n) is 9.16. The van der Waals surface area contributed by atoms with Gasteiger partial charge in [0.2, 0.25) is 0 Å². The van der Waals surface area contributed by atoms with Gasteiger partial charge in [-0.15, -0.1) is 0 Å². The van der Waals surface area contributed by atoms with Gasteiger partial charge in [0.15, 0.2) is 0 Å². The predicted octanol–water partition coefficient (Wildman–Crippen LogP) is 2.67. The van der Waals surface area contributed by atoms with Crippen molar-refractivity contribution < 1.29 is 0 Å². The van der Waals surface area contributed by atoms with Crippen LogP contribution in [0.25, 0.3) is 0 Å². The normalized spacial score (nSPS) is 16.2. The molecule has 0 amide bonds. The van der Waals surface area contributed by atoms with Crippen molar-refractivity contribution in [3.05, 3.63) is 67.0 Å². The van der Waals surface area contributed by atoms with Gasteiger partial charge in [0.25, 0.3) is 0 Å². The number of para-hydroxylation sites is 1. The van der Waals surface area contributed by atoms with E-state index < -0.39 is 0 Å². The van der Waals surface area contributed by atoms with Crippen molar-refractivity contribution in [3.8, 4) is 0 Å². The Morgan fingerprint density at radius 3 is 2.44 bits per heavy atom. The fraction of sp³-hybridized carbons (Fsp3) is 0.143. The van der Waals surface area contributed by atoms with E-state index in [1.54, 1.807) is 0 Å². The molecule has 0 aromatic heterocycles. The van der Waals surface area contributed by atoms with Crippen LogP contribution < -0.4 is 10.6 Å². The summed E-state index contributed by atoms with van der Waals surface area (Å²) in [5, 5.41) is 0. The summed E-state index contributed by atoms with van der Waals surface area (Å²) in [6.07, 6.45) is 12.6. The van der Waals surface area contributed by atoms with Crippen molar-refractivity contribution >= 4 is 5.69 Å². The van der Waals surface area contributed by atoms with Crippen LogP contribution in [-0.2, 0) is 0 Å². The third kappa shape index (κ3) is 2.61. The molecular formula is C14H16N2. The van der Waals surface area contributed by atoms with E-state index >= 15 is 0 Å². The second kappa shape index (κ2) is 5.33. The topological polar surface area (TPSA) is 29.3 Å². The average molecular weight is 212 g/mol. The number of benzene rings is 1. The minimum Gasteiger partial charge on any atom is -0.327 e. The summed E-state index contributed by atoms with van der Waals surface area (Å²) in [7, 11) is 0. The first kappa shape index (κ1) is 10.7. The maximum atomic E-state index is 5.42. The Balaban J connectivity index is 2.04. The van der Waals surface area contributed by atoms with Crippen molar-refractivity contribution in [2.45, 2.75) is 0 Å². The fourth-order valence-electron chi connectivity index (χ4n) is 1.63. The van der Waals surface area contributed by atoms with Gasteiger partial charge in [-0.1, -0.05) is 42.5 Å². The molecule has 0 aliphatic carbocycles. The molecule has 2 heteroatoms. The molecule has 0 spiro atoms. The molecule has 1 aliphatic heterocycles. The van der Waals surface area contributed by atoms with Crippen molar-refractivity contribution in [1.82, 2.24) is 0 Å². The monoisotopic (exact) mass is 212 g/mol. The quantitative estimate of drug-likeness (QED) is 0.780. The van der Waals surface area contributed by atoms with Gasteiger partial charge in [-0.3, -0.25) is 0 Å². The second-order valence-corrected chi connectivity index (χ2v) is 3.67. The molecule has 0 fully saturated rings. The molecule has 1 aliphatic rings. The van der Waals surface area contributed by atoms with Crippen LogP contribution in [0, 0.1) is 5.92 Å². The largest absolute Gasteiger partial charge is 0.327 e. The highest BCUT2D eigenvalue weighted by Gasteiger charge is 2.04. The number of nitrogens with two attached hydrogens (primary N) is 1. The third-order valence-corrected chi connectivity index (χ3v) is 2.49. The Bertz CT molecular complexity index is 390. The van der Waals surface area contributed by atoms with Crippen LogP contribution >= 0.6 is 0 Å². The number of rotatable bonds is 3. The Kier molecular flexibility index (Phi) is 3.57. The molecule has 1 aromatic rings. The second-order valence-electron chi connectivity index (χ2n) is 3.67. The maximum absolute atomic E-state index is 5.42. The highest BCUT2D eigenvalue weighted by molar-refractivity contribution is 5.53. The van der Waals surface area contributed by atoms with Crippen LogP contribution in [0.1, 0.15) is 0 Å². The van der Waals surface area contributed by atoms with Crippen LogP contribution in [0.15, 0.2) is 67.0 Å². The molecule has 1 heterocycles. The van der Waals surface area contributed by atoms with Gasteiger partial charge < -0.3 is 10.6 Å². The standard InChI is InChI=1S/C14H16N2/c15-10-4-5-13-8-11-16(12-9-13)14-6-2-1-3-7-14/h1-9,11-13H,10,15H2. The lowest BCUT2D eigenvalue weighted by atomic mass is 10.1. The average Bonchev–Trinajstić information content (AvgIpc) is 2.38. The summed E-state index contributed by atoms with van der Waals surface area (Å²) in [5.74, 6) is 0.364. The molecule has 0 saturated heterocycles. The molecule has 16 heavy (non-hydrogen) atoms. The number of anilines is 1. The summed E-state index contributed by atoms with van der Waals surface area (Å²) >= 11 is 0. The number of nitrogens with zero attached hydrogens (tertiary/aromatic N) is 1. The lowest BCUT2D eigenvalue weighted by Crippen LogP contribution is -2.11. The minimum absolute atomic E-state index is 0.364. The molecule has 0 atom stereocenters. The summed E-state index contributed by atoms with van der Waals surface area (Å²) < 4.78 is 0. The van der Waals surface area contributed by atoms with E-state index in [2.05, 4.69) is 47.7 Å². The molecule has 82 valence electrons. The van der Waals surface area contributed by atoms with Gasteiger partial charge in [0, 0.05) is 30.5 Å². The third-order valence-electron chi connectivity index (χ3n) is 2.49. The first-order chi connectivity index (χ1) is 7.90. The summed E-state index contributed by atoms with van der Waals surface area (Å²) in [6.45, 7) is 0.598. The number of allylic oxidation sites excluding steroid dienone is 3. The summed E-state index contributed by atoms with van der Waals surface area (Å²) in [6, 6.07) is 10.3. The van der Waals surface area contributed by atoms with Gasteiger partial charge in [0.1, 0.15) is 0 Å². The molecule has 2 N–H and O–H groups in total. The molecule has 2 rings (SSSR count). The minimum atomic E-state index is 0.364. The SMILES string of the molecule is NCC=CC1C=CN(c2ccccc2)C=C1. The molecule has 0 unspecified atom stereocenters. The summed E-state index contributed by atoms with van der Waals surface area (Å²) in [4.78, 5) is 2.10. The Morgan fingerprint density at radius 1 is 1.12 bits per heavy atom. The summed E-state index contributed by atoms with van der Waals surface area (Å²) in [5.41, 5.74) is 6.60. The van der Waals surface area contributed by atoms with Gasteiger partial charge in [-0.05, 0) is 12.1 Å². The first-order valence-corrected chi connectivity index (χ1v) is 5.47. The van der Waals surface area contributed by atoms with Gasteiger partial charge in [-0.25, -0.2) is 0 Å². The van der Waals surface area contributed by atoms with E-state index in [9.17, 15) is 0 Å². The van der Waals surface area contributed by atoms with Crippen LogP contribution in [0.4, 0.5) is 5.69 Å². The Morgan fingerprint density at radius 2 is 1.81 bits per heavy atom. The van der Waals surface area contributed by atoms with Crippen LogP contribution in [0.5, 0.6) is 0 Å². The first-order valence-electron chi connectivity index (χ1n) is 5.47. The lowest BCUT2D eigenvalue weighted by molar-refractivity contribution is 1.00. The highest BCUT2D eigenvalue weighted by atomic mass is 15.1. The molecule has 0 bridgehead atoms. The number of hydrogen-bond acceptors (Lipinski definition) is 2. The molecular weight excluding hydrogens is 196 g/mol. The smallest absolute Gasteiger partial charge is 0.0449 e. The highest BCUT2D eigenvalue weighted by Crippen LogP contribution is 2.19. The van der Waals surface area contributed by atoms with Gasteiger partial charge >= 0.3 is 0 Å². The molecule has 2 nitrogen and oxygen atoms in total. The van der Waals surface area contributed by atoms with Gasteiger partial charge in [0.05, 0.1) is 0 Å². The maximum Gasteiger partial charge on any atom is 0.0449 e. The van der Waals surface area contributed by atoms with Gasteiger partial charge in [-0.2, -0.15) is 0 Å². The van der Waals surface area contributed by atoms with Crippen molar-refractivity contribution in [2.24, 2.45) is 11.7 Å². The Labute approximate surface area is 96.4 Å².